The van der Waals surface area contributed by atoms with Crippen molar-refractivity contribution in [1.29, 1.82) is 0 Å². The lowest BCUT2D eigenvalue weighted by atomic mass is 9.87. The molecule has 22 heavy (non-hydrogen) atoms. The van der Waals surface area contributed by atoms with Gasteiger partial charge in [-0.3, -0.25) is 9.59 Å². The number of carbonyl (C=O) groups excluding carboxylic acids is 1. The minimum Gasteiger partial charge on any atom is -0.325 e. The van der Waals surface area contributed by atoms with Crippen molar-refractivity contribution < 1.29 is 4.79 Å². The first-order chi connectivity index (χ1) is 10.5. The van der Waals surface area contributed by atoms with Gasteiger partial charge in [-0.25, -0.2) is 0 Å². The fourth-order valence-corrected chi connectivity index (χ4v) is 2.97. The predicted octanol–water partition coefficient (Wildman–Crippen LogP) is 3.06. The van der Waals surface area contributed by atoms with Crippen LogP contribution in [-0.2, 0) is 12.8 Å². The number of carbonyl (C=O) groups is 1. The predicted molar refractivity (Wildman–Crippen MR) is 87.4 cm³/mol. The molecular weight excluding hydrogens is 276 g/mol. The van der Waals surface area contributed by atoms with E-state index in [1.54, 1.807) is 6.07 Å². The highest BCUT2D eigenvalue weighted by Crippen LogP contribution is 2.23. The van der Waals surface area contributed by atoms with Crippen LogP contribution in [0.1, 0.15) is 40.5 Å². The highest BCUT2D eigenvalue weighted by Gasteiger charge is 2.20. The first-order valence-electron chi connectivity index (χ1n) is 7.66. The molecule has 1 heterocycles. The quantitative estimate of drug-likeness (QED) is 0.894. The van der Waals surface area contributed by atoms with E-state index in [1.807, 2.05) is 31.2 Å². The van der Waals surface area contributed by atoms with Crippen molar-refractivity contribution in [2.45, 2.75) is 33.1 Å². The Balaban J connectivity index is 1.89. The largest absolute Gasteiger partial charge is 0.325 e. The van der Waals surface area contributed by atoms with Gasteiger partial charge in [0.15, 0.2) is 0 Å². The molecule has 0 saturated carbocycles. The number of benzene rings is 1. The lowest BCUT2D eigenvalue weighted by Gasteiger charge is -2.21. The third kappa shape index (κ3) is 2.96. The maximum atomic E-state index is 12.4. The molecule has 1 aliphatic rings. The van der Waals surface area contributed by atoms with Crippen LogP contribution in [0.2, 0.25) is 0 Å². The summed E-state index contributed by atoms with van der Waals surface area (Å²) < 4.78 is 0. The number of hydrogen-bond acceptors (Lipinski definition) is 2. The first kappa shape index (κ1) is 14.6. The Morgan fingerprint density at radius 1 is 1.32 bits per heavy atom. The van der Waals surface area contributed by atoms with E-state index in [1.165, 1.54) is 0 Å². The number of rotatable bonds is 2. The molecular formula is C18H20N2O2. The topological polar surface area (TPSA) is 62.0 Å². The van der Waals surface area contributed by atoms with Crippen LogP contribution in [0.4, 0.5) is 5.69 Å². The Bertz CT molecular complexity index is 777. The zero-order valence-electron chi connectivity index (χ0n) is 12.9. The minimum atomic E-state index is -0.354. The number of aromatic amines is 1. The molecule has 1 unspecified atom stereocenters. The molecule has 114 valence electrons. The second kappa shape index (κ2) is 5.79. The van der Waals surface area contributed by atoms with Crippen molar-refractivity contribution in [2.24, 2.45) is 5.92 Å². The average molecular weight is 296 g/mol. The summed E-state index contributed by atoms with van der Waals surface area (Å²) in [5.74, 6) is 0.235. The monoisotopic (exact) mass is 296 g/mol. The second-order valence-electron chi connectivity index (χ2n) is 6.19. The molecule has 0 saturated heterocycles. The molecule has 1 aromatic carbocycles. The van der Waals surface area contributed by atoms with Crippen LogP contribution in [0.3, 0.4) is 0 Å². The van der Waals surface area contributed by atoms with E-state index in [2.05, 4.69) is 17.2 Å². The van der Waals surface area contributed by atoms with E-state index < -0.39 is 0 Å². The summed E-state index contributed by atoms with van der Waals surface area (Å²) in [6.07, 6.45) is 2.88. The van der Waals surface area contributed by atoms with Gasteiger partial charge in [0, 0.05) is 11.4 Å². The van der Waals surface area contributed by atoms with E-state index in [-0.39, 0.29) is 17.0 Å². The Labute approximate surface area is 129 Å². The van der Waals surface area contributed by atoms with Gasteiger partial charge < -0.3 is 10.3 Å². The van der Waals surface area contributed by atoms with Crippen molar-refractivity contribution in [2.75, 3.05) is 5.32 Å². The van der Waals surface area contributed by atoms with Crippen LogP contribution >= 0.6 is 0 Å². The maximum absolute atomic E-state index is 12.4. The van der Waals surface area contributed by atoms with Gasteiger partial charge in [0.2, 0.25) is 0 Å². The van der Waals surface area contributed by atoms with Gasteiger partial charge in [-0.1, -0.05) is 19.1 Å². The lowest BCUT2D eigenvalue weighted by molar-refractivity contribution is 0.102. The Kier molecular flexibility index (Phi) is 3.84. The van der Waals surface area contributed by atoms with Crippen LogP contribution in [0, 0.1) is 12.8 Å². The van der Waals surface area contributed by atoms with Gasteiger partial charge in [0.05, 0.1) is 0 Å². The number of H-pyrrole nitrogens is 1. The normalized spacial score (nSPS) is 16.9. The lowest BCUT2D eigenvalue weighted by Crippen LogP contribution is -2.27. The smallest absolute Gasteiger partial charge is 0.261 e. The maximum Gasteiger partial charge on any atom is 0.261 e. The van der Waals surface area contributed by atoms with Crippen molar-refractivity contribution in [1.82, 2.24) is 4.98 Å². The summed E-state index contributed by atoms with van der Waals surface area (Å²) in [7, 11) is 0. The molecule has 0 spiro atoms. The number of aromatic nitrogens is 1. The molecule has 1 aliphatic carbocycles. The number of nitrogens with one attached hydrogen (secondary N) is 2. The standard InChI is InChI=1S/C18H20N2O2/c1-11-4-3-5-14(9-11)19-17(21)15-10-13-8-12(2)6-7-16(13)20-18(15)22/h3-5,9-10,12H,6-8H2,1-2H3,(H,19,21)(H,20,22). The van der Waals surface area contributed by atoms with Crippen molar-refractivity contribution in [3.05, 3.63) is 63.1 Å². The van der Waals surface area contributed by atoms with Crippen molar-refractivity contribution in [3.63, 3.8) is 0 Å². The second-order valence-corrected chi connectivity index (χ2v) is 6.19. The fourth-order valence-electron chi connectivity index (χ4n) is 2.97. The summed E-state index contributed by atoms with van der Waals surface area (Å²) in [5.41, 5.74) is 3.72. The van der Waals surface area contributed by atoms with Crippen LogP contribution in [0.25, 0.3) is 0 Å². The Hall–Kier alpha value is -2.36. The van der Waals surface area contributed by atoms with Gasteiger partial charge in [-0.05, 0) is 61.4 Å². The third-order valence-corrected chi connectivity index (χ3v) is 4.19. The highest BCUT2D eigenvalue weighted by atomic mass is 16.2. The van der Waals surface area contributed by atoms with Crippen molar-refractivity contribution >= 4 is 11.6 Å². The number of anilines is 1. The van der Waals surface area contributed by atoms with E-state index in [4.69, 9.17) is 0 Å². The van der Waals surface area contributed by atoms with Crippen LogP contribution in [-0.4, -0.2) is 10.9 Å². The van der Waals surface area contributed by atoms with Gasteiger partial charge in [-0.2, -0.15) is 0 Å². The number of fused-ring (bicyclic) bond motifs is 1. The molecule has 0 aliphatic heterocycles. The number of hydrogen-bond donors (Lipinski definition) is 2. The van der Waals surface area contributed by atoms with E-state index in [0.29, 0.717) is 11.6 Å². The highest BCUT2D eigenvalue weighted by molar-refractivity contribution is 6.04. The SMILES string of the molecule is Cc1cccc(NC(=O)c2cc3c([nH]c2=O)CCC(C)C3)c1. The number of aryl methyl sites for hydroxylation is 2. The molecule has 1 aromatic heterocycles. The van der Waals surface area contributed by atoms with Crippen molar-refractivity contribution in [3.8, 4) is 0 Å². The number of amides is 1. The third-order valence-electron chi connectivity index (χ3n) is 4.19. The van der Waals surface area contributed by atoms with Gasteiger partial charge in [0.25, 0.3) is 11.5 Å². The molecule has 4 heteroatoms. The Morgan fingerprint density at radius 2 is 2.14 bits per heavy atom. The fraction of sp³-hybridized carbons (Fsp3) is 0.333. The van der Waals surface area contributed by atoms with Gasteiger partial charge in [0.1, 0.15) is 5.56 Å². The molecule has 2 N–H and O–H groups in total. The van der Waals surface area contributed by atoms with Crippen LogP contribution in [0.15, 0.2) is 35.1 Å². The minimum absolute atomic E-state index is 0.189. The summed E-state index contributed by atoms with van der Waals surface area (Å²) in [6, 6.07) is 9.30. The zero-order valence-corrected chi connectivity index (χ0v) is 12.9. The molecule has 0 fully saturated rings. The Morgan fingerprint density at radius 3 is 2.91 bits per heavy atom. The molecule has 3 rings (SSSR count). The van der Waals surface area contributed by atoms with Gasteiger partial charge in [-0.15, -0.1) is 0 Å². The van der Waals surface area contributed by atoms with Crippen LogP contribution in [0.5, 0.6) is 0 Å². The molecule has 2 aromatic rings. The summed E-state index contributed by atoms with van der Waals surface area (Å²) >= 11 is 0. The summed E-state index contributed by atoms with van der Waals surface area (Å²) in [5, 5.41) is 2.80. The summed E-state index contributed by atoms with van der Waals surface area (Å²) in [6.45, 7) is 4.16. The summed E-state index contributed by atoms with van der Waals surface area (Å²) in [4.78, 5) is 27.4. The van der Waals surface area contributed by atoms with E-state index in [0.717, 1.165) is 36.1 Å². The molecule has 4 nitrogen and oxygen atoms in total. The number of pyridine rings is 1. The zero-order chi connectivity index (χ0) is 15.7. The van der Waals surface area contributed by atoms with Gasteiger partial charge >= 0.3 is 0 Å². The average Bonchev–Trinajstić information content (AvgIpc) is 2.47. The molecule has 1 amide bonds. The van der Waals surface area contributed by atoms with E-state index in [9.17, 15) is 9.59 Å². The van der Waals surface area contributed by atoms with Crippen LogP contribution < -0.4 is 10.9 Å². The molecule has 1 atom stereocenters. The van der Waals surface area contributed by atoms with E-state index >= 15 is 0 Å². The molecule has 0 bridgehead atoms. The first-order valence-corrected chi connectivity index (χ1v) is 7.66. The molecule has 0 radical (unpaired) electrons.